The molecule has 0 radical (unpaired) electrons. The number of aliphatic hydroxyl groups is 1. The number of hydrogen-bond acceptors (Lipinski definition) is 3. The summed E-state index contributed by atoms with van der Waals surface area (Å²) >= 11 is 0. The van der Waals surface area contributed by atoms with Gasteiger partial charge in [-0.3, -0.25) is 4.79 Å². The van der Waals surface area contributed by atoms with Crippen LogP contribution in [0.1, 0.15) is 44.4 Å². The minimum Gasteiger partial charge on any atom is -0.390 e. The Bertz CT molecular complexity index is 1390. The van der Waals surface area contributed by atoms with Crippen LogP contribution < -0.4 is 10.6 Å². The van der Waals surface area contributed by atoms with Crippen LogP contribution in [0.5, 0.6) is 0 Å². The summed E-state index contributed by atoms with van der Waals surface area (Å²) in [6, 6.07) is 19.3. The van der Waals surface area contributed by atoms with E-state index in [2.05, 4.69) is 66.7 Å². The molecule has 2 unspecified atom stereocenters. The minimum absolute atomic E-state index is 0.0957. The summed E-state index contributed by atoms with van der Waals surface area (Å²) in [5.41, 5.74) is 5.95. The normalized spacial score (nSPS) is 13.4. The smallest absolute Gasteiger partial charge is 0.217 e. The summed E-state index contributed by atoms with van der Waals surface area (Å²) in [4.78, 5) is 15.3. The molecular formula is C32H37F2N3O2. The van der Waals surface area contributed by atoms with Gasteiger partial charge in [0.2, 0.25) is 5.91 Å². The number of aromatic amines is 1. The van der Waals surface area contributed by atoms with Crippen LogP contribution in [-0.2, 0) is 24.2 Å². The van der Waals surface area contributed by atoms with E-state index in [1.165, 1.54) is 24.6 Å². The average molecular weight is 534 g/mol. The van der Waals surface area contributed by atoms with E-state index in [0.29, 0.717) is 12.1 Å². The van der Waals surface area contributed by atoms with E-state index >= 15 is 0 Å². The molecule has 7 heteroatoms. The molecule has 206 valence electrons. The van der Waals surface area contributed by atoms with Crippen molar-refractivity contribution < 1.29 is 18.7 Å². The fourth-order valence-electron chi connectivity index (χ4n) is 5.02. The van der Waals surface area contributed by atoms with E-state index < -0.39 is 23.8 Å². The van der Waals surface area contributed by atoms with Crippen LogP contribution >= 0.6 is 0 Å². The number of aromatic nitrogens is 1. The molecule has 3 aromatic carbocycles. The highest BCUT2D eigenvalue weighted by atomic mass is 19.1. The zero-order valence-electron chi connectivity index (χ0n) is 22.9. The first-order valence-electron chi connectivity index (χ1n) is 13.3. The Kier molecular flexibility index (Phi) is 8.83. The molecule has 0 aliphatic carbocycles. The van der Waals surface area contributed by atoms with Gasteiger partial charge in [0.1, 0.15) is 11.6 Å². The second-order valence-electron chi connectivity index (χ2n) is 11.5. The van der Waals surface area contributed by atoms with Crippen molar-refractivity contribution in [3.63, 3.8) is 0 Å². The minimum atomic E-state index is -0.977. The van der Waals surface area contributed by atoms with Crippen molar-refractivity contribution in [2.75, 3.05) is 6.54 Å². The molecule has 0 aliphatic rings. The number of nitrogens with one attached hydrogen (secondary N) is 3. The largest absolute Gasteiger partial charge is 0.390 e. The van der Waals surface area contributed by atoms with Crippen molar-refractivity contribution in [1.29, 1.82) is 0 Å². The van der Waals surface area contributed by atoms with E-state index in [-0.39, 0.29) is 24.3 Å². The summed E-state index contributed by atoms with van der Waals surface area (Å²) in [6.45, 7) is 8.64. The van der Waals surface area contributed by atoms with Crippen LogP contribution in [0.3, 0.4) is 0 Å². The van der Waals surface area contributed by atoms with Crippen LogP contribution in [0, 0.1) is 17.0 Å². The number of hydrogen-bond donors (Lipinski definition) is 4. The number of carbonyl (C=O) groups is 1. The molecule has 0 fully saturated rings. The van der Waals surface area contributed by atoms with Crippen molar-refractivity contribution in [2.45, 2.75) is 59.2 Å². The molecule has 0 saturated carbocycles. The highest BCUT2D eigenvalue weighted by Crippen LogP contribution is 2.30. The van der Waals surface area contributed by atoms with Crippen LogP contribution in [0.25, 0.3) is 22.2 Å². The molecule has 0 bridgehead atoms. The van der Waals surface area contributed by atoms with E-state index in [9.17, 15) is 18.7 Å². The second-order valence-corrected chi connectivity index (χ2v) is 11.5. The summed E-state index contributed by atoms with van der Waals surface area (Å²) in [5.74, 6) is -1.72. The first kappa shape index (κ1) is 28.5. The number of rotatable bonds is 10. The lowest BCUT2D eigenvalue weighted by atomic mass is 9.87. The lowest BCUT2D eigenvalue weighted by Gasteiger charge is -2.25. The first-order valence-corrected chi connectivity index (χ1v) is 13.3. The Morgan fingerprint density at radius 2 is 1.69 bits per heavy atom. The van der Waals surface area contributed by atoms with Gasteiger partial charge >= 0.3 is 0 Å². The summed E-state index contributed by atoms with van der Waals surface area (Å²) in [7, 11) is 0. The van der Waals surface area contributed by atoms with E-state index in [0.717, 1.165) is 40.2 Å². The number of benzene rings is 3. The SMILES string of the molecule is CC(=O)NC(Cc1cc(F)cc(F)c1)C(O)CNCc1cc(CC(C)(C)C)ccc1-c1cc2ccccc2[nH]1. The monoisotopic (exact) mass is 533 g/mol. The number of H-pyrrole nitrogens is 1. The number of para-hydroxylation sites is 1. The van der Waals surface area contributed by atoms with Crippen LogP contribution in [-0.4, -0.2) is 34.7 Å². The molecule has 39 heavy (non-hydrogen) atoms. The standard InChI is InChI=1S/C32H37F2N3O2/c1-20(38)36-30(14-22-12-25(33)16-26(34)13-22)31(39)19-35-18-24-11-21(17-32(2,3)4)9-10-27(24)29-15-23-7-5-6-8-28(23)37-29/h5-13,15-16,30-31,35,37,39H,14,17-19H2,1-4H3,(H,36,38). The Morgan fingerprint density at radius 3 is 2.36 bits per heavy atom. The summed E-state index contributed by atoms with van der Waals surface area (Å²) in [5, 5.41) is 18.1. The van der Waals surface area contributed by atoms with E-state index in [4.69, 9.17) is 0 Å². The molecule has 4 aromatic rings. The number of carbonyl (C=O) groups excluding carboxylic acids is 1. The van der Waals surface area contributed by atoms with Gasteiger partial charge in [-0.1, -0.05) is 57.2 Å². The van der Waals surface area contributed by atoms with Crippen LogP contribution in [0.4, 0.5) is 8.78 Å². The Balaban J connectivity index is 1.53. The lowest BCUT2D eigenvalue weighted by molar-refractivity contribution is -0.120. The third-order valence-electron chi connectivity index (χ3n) is 6.62. The van der Waals surface area contributed by atoms with Crippen molar-refractivity contribution >= 4 is 16.8 Å². The van der Waals surface area contributed by atoms with Crippen molar-refractivity contribution in [3.8, 4) is 11.3 Å². The predicted molar refractivity (Wildman–Crippen MR) is 152 cm³/mol. The number of amides is 1. The van der Waals surface area contributed by atoms with Gasteiger partial charge in [0.15, 0.2) is 0 Å². The molecule has 2 atom stereocenters. The van der Waals surface area contributed by atoms with Crippen molar-refractivity contribution in [1.82, 2.24) is 15.6 Å². The molecule has 0 saturated heterocycles. The predicted octanol–water partition coefficient (Wildman–Crippen LogP) is 5.90. The molecule has 0 aliphatic heterocycles. The maximum atomic E-state index is 13.7. The third-order valence-corrected chi connectivity index (χ3v) is 6.62. The summed E-state index contributed by atoms with van der Waals surface area (Å²) < 4.78 is 27.4. The van der Waals surface area contributed by atoms with Crippen LogP contribution in [0.2, 0.25) is 0 Å². The molecule has 5 nitrogen and oxygen atoms in total. The molecule has 1 aromatic heterocycles. The van der Waals surface area contributed by atoms with Gasteiger partial charge in [0, 0.05) is 48.2 Å². The first-order chi connectivity index (χ1) is 18.5. The number of halogens is 2. The van der Waals surface area contributed by atoms with Gasteiger partial charge < -0.3 is 20.7 Å². The highest BCUT2D eigenvalue weighted by molar-refractivity contribution is 5.86. The fourth-order valence-corrected chi connectivity index (χ4v) is 5.02. The average Bonchev–Trinajstić information content (AvgIpc) is 3.26. The molecule has 4 rings (SSSR count). The van der Waals surface area contributed by atoms with E-state index in [1.54, 1.807) is 0 Å². The Hall–Kier alpha value is -3.55. The molecule has 0 spiro atoms. The van der Waals surface area contributed by atoms with Crippen LogP contribution in [0.15, 0.2) is 66.7 Å². The third kappa shape index (κ3) is 7.97. The lowest BCUT2D eigenvalue weighted by Crippen LogP contribution is -2.48. The topological polar surface area (TPSA) is 77.2 Å². The van der Waals surface area contributed by atoms with Gasteiger partial charge in [0.25, 0.3) is 0 Å². The van der Waals surface area contributed by atoms with Gasteiger partial charge in [0.05, 0.1) is 12.1 Å². The number of aliphatic hydroxyl groups excluding tert-OH is 1. The Morgan fingerprint density at radius 1 is 0.974 bits per heavy atom. The van der Waals surface area contributed by atoms with Crippen molar-refractivity contribution in [3.05, 3.63) is 95.1 Å². The van der Waals surface area contributed by atoms with Crippen molar-refractivity contribution in [2.24, 2.45) is 5.41 Å². The zero-order valence-corrected chi connectivity index (χ0v) is 22.9. The maximum absolute atomic E-state index is 13.7. The van der Waals surface area contributed by atoms with Gasteiger partial charge in [-0.05, 0) is 59.2 Å². The molecule has 1 heterocycles. The zero-order chi connectivity index (χ0) is 28.2. The number of fused-ring (bicyclic) bond motifs is 1. The molecular weight excluding hydrogens is 496 g/mol. The van der Waals surface area contributed by atoms with Gasteiger partial charge in [-0.25, -0.2) is 8.78 Å². The maximum Gasteiger partial charge on any atom is 0.217 e. The van der Waals surface area contributed by atoms with E-state index in [1.807, 2.05) is 18.2 Å². The van der Waals surface area contributed by atoms with Gasteiger partial charge in [-0.15, -0.1) is 0 Å². The molecule has 1 amide bonds. The fraction of sp³-hybridized carbons (Fsp3) is 0.344. The summed E-state index contributed by atoms with van der Waals surface area (Å²) in [6.07, 6.45) is 0.0395. The van der Waals surface area contributed by atoms with Gasteiger partial charge in [-0.2, -0.15) is 0 Å². The highest BCUT2D eigenvalue weighted by Gasteiger charge is 2.22. The Labute approximate surface area is 228 Å². The molecule has 4 N–H and O–H groups in total. The second kappa shape index (κ2) is 12.1. The quantitative estimate of drug-likeness (QED) is 0.205.